The number of carbonyl (C=O) groups excluding carboxylic acids is 1. The molecule has 0 heterocycles. The van der Waals surface area contributed by atoms with Gasteiger partial charge in [0, 0.05) is 0 Å². The van der Waals surface area contributed by atoms with Crippen LogP contribution in [0.4, 0.5) is 0 Å². The second-order valence-corrected chi connectivity index (χ2v) is 20.8. The molecule has 0 aromatic carbocycles. The molecule has 3 nitrogen and oxygen atoms in total. The van der Waals surface area contributed by atoms with Crippen molar-refractivity contribution in [3.05, 3.63) is 22.3 Å². The van der Waals surface area contributed by atoms with Crippen LogP contribution in [0, 0.1) is 0 Å². The van der Waals surface area contributed by atoms with Gasteiger partial charge < -0.3 is 0 Å². The fraction of sp³-hybridized carbons (Fsp3) is 0.783. The predicted octanol–water partition coefficient (Wildman–Crippen LogP) is 6.58. The van der Waals surface area contributed by atoms with Crippen LogP contribution in [0.3, 0.4) is 0 Å². The summed E-state index contributed by atoms with van der Waals surface area (Å²) >= 11 is -2.26. The molecule has 1 N–H and O–H groups in total. The van der Waals surface area contributed by atoms with E-state index in [1.54, 1.807) is 0 Å². The van der Waals surface area contributed by atoms with Gasteiger partial charge in [0.1, 0.15) is 0 Å². The van der Waals surface area contributed by atoms with E-state index in [-0.39, 0.29) is 12.1 Å². The molecule has 0 fully saturated rings. The molecule has 0 aliphatic rings. The van der Waals surface area contributed by atoms with E-state index in [0.29, 0.717) is 12.8 Å². The van der Waals surface area contributed by atoms with Gasteiger partial charge in [-0.25, -0.2) is 0 Å². The third-order valence-electron chi connectivity index (χ3n) is 5.30. The summed E-state index contributed by atoms with van der Waals surface area (Å²) in [6.45, 7) is 6.88. The van der Waals surface area contributed by atoms with E-state index in [2.05, 4.69) is 41.8 Å². The third-order valence-corrected chi connectivity index (χ3v) is 19.4. The zero-order chi connectivity index (χ0) is 20.4. The van der Waals surface area contributed by atoms with Crippen LogP contribution < -0.4 is 0 Å². The van der Waals surface area contributed by atoms with Crippen LogP contribution in [-0.2, 0) is 9.53 Å². The molecule has 0 aromatic rings. The first-order valence-electron chi connectivity index (χ1n) is 11.1. The summed E-state index contributed by atoms with van der Waals surface area (Å²) in [5, 5.41) is 10.4. The van der Waals surface area contributed by atoms with Crippen LogP contribution in [0.2, 0.25) is 13.3 Å². The molecular weight excluding hydrogens is 443 g/mol. The van der Waals surface area contributed by atoms with Gasteiger partial charge in [-0.05, 0) is 0 Å². The van der Waals surface area contributed by atoms with Gasteiger partial charge in [-0.15, -0.1) is 0 Å². The Balaban J connectivity index is 4.59. The minimum absolute atomic E-state index is 0.169. The Kier molecular flexibility index (Phi) is 17.6. The van der Waals surface area contributed by atoms with E-state index in [1.165, 1.54) is 58.9 Å². The molecule has 158 valence electrons. The second kappa shape index (κ2) is 17.8. The quantitative estimate of drug-likeness (QED) is 0.143. The molecule has 0 spiro atoms. The molecule has 0 rings (SSSR count). The zero-order valence-corrected chi connectivity index (χ0v) is 21.2. The normalized spacial score (nSPS) is 13.5. The predicted molar refractivity (Wildman–Crippen MR) is 120 cm³/mol. The summed E-state index contributed by atoms with van der Waals surface area (Å²) in [4.78, 5) is 11.1. The van der Waals surface area contributed by atoms with Crippen LogP contribution in [0.1, 0.15) is 85.0 Å². The van der Waals surface area contributed by atoms with Gasteiger partial charge in [0.05, 0.1) is 0 Å². The Labute approximate surface area is 172 Å². The molecule has 0 radical (unpaired) electrons. The van der Waals surface area contributed by atoms with Gasteiger partial charge in [-0.3, -0.25) is 0 Å². The molecule has 1 atom stereocenters. The van der Waals surface area contributed by atoms with E-state index in [9.17, 15) is 9.90 Å². The molecule has 4 heteroatoms. The van der Waals surface area contributed by atoms with Gasteiger partial charge in [-0.2, -0.15) is 0 Å². The number of aliphatic hydroxyl groups is 1. The average molecular weight is 487 g/mol. The van der Waals surface area contributed by atoms with Crippen molar-refractivity contribution in [1.29, 1.82) is 0 Å². The summed E-state index contributed by atoms with van der Waals surface area (Å²) < 4.78 is 11.5. The van der Waals surface area contributed by atoms with Crippen molar-refractivity contribution in [3.8, 4) is 0 Å². The van der Waals surface area contributed by atoms with Crippen molar-refractivity contribution in [3.63, 3.8) is 0 Å². The monoisotopic (exact) mass is 488 g/mol. The zero-order valence-electron chi connectivity index (χ0n) is 18.3. The first-order valence-corrected chi connectivity index (χ1v) is 18.8. The number of rotatable bonds is 17. The Morgan fingerprint density at radius 1 is 0.963 bits per heavy atom. The molecule has 0 aliphatic carbocycles. The number of esters is 1. The third kappa shape index (κ3) is 14.4. The Bertz CT molecular complexity index is 396. The van der Waals surface area contributed by atoms with Crippen LogP contribution in [-0.4, -0.2) is 42.7 Å². The Hall–Kier alpha value is -0.291. The van der Waals surface area contributed by atoms with E-state index in [0.717, 1.165) is 12.8 Å². The fourth-order valence-corrected chi connectivity index (χ4v) is 17.9. The van der Waals surface area contributed by atoms with Gasteiger partial charge in [0.25, 0.3) is 0 Å². The van der Waals surface area contributed by atoms with Crippen LogP contribution in [0.5, 0.6) is 0 Å². The molecule has 1 unspecified atom stereocenters. The summed E-state index contributed by atoms with van der Waals surface area (Å²) in [5.41, 5.74) is 0. The van der Waals surface area contributed by atoms with E-state index in [1.807, 2.05) is 6.08 Å². The van der Waals surface area contributed by atoms with Gasteiger partial charge in [0.2, 0.25) is 0 Å². The Morgan fingerprint density at radius 2 is 1.48 bits per heavy atom. The summed E-state index contributed by atoms with van der Waals surface area (Å²) in [6.07, 6.45) is 16.6. The fourth-order valence-electron chi connectivity index (χ4n) is 3.43. The number of aliphatic hydroxyl groups excluding tert-OH is 1. The maximum atomic E-state index is 11.1. The Morgan fingerprint density at radius 3 is 1.96 bits per heavy atom. The van der Waals surface area contributed by atoms with Crippen LogP contribution in [0.15, 0.2) is 22.3 Å². The van der Waals surface area contributed by atoms with E-state index >= 15 is 0 Å². The summed E-state index contributed by atoms with van der Waals surface area (Å²) in [6, 6.07) is 0. The first kappa shape index (κ1) is 26.7. The topological polar surface area (TPSA) is 46.5 Å². The van der Waals surface area contributed by atoms with Gasteiger partial charge >= 0.3 is 173 Å². The number of hydrogen-bond donors (Lipinski definition) is 1. The van der Waals surface area contributed by atoms with Crippen molar-refractivity contribution in [1.82, 2.24) is 0 Å². The molecule has 0 bridgehead atoms. The molecule has 0 amide bonds. The molecule has 0 saturated heterocycles. The van der Waals surface area contributed by atoms with Crippen LogP contribution in [0.25, 0.3) is 0 Å². The number of hydrogen-bond acceptors (Lipinski definition) is 3. The SMILES string of the molecule is CCC[CH2][Sn](/[CH]=C/C(O)CC/C=C\CCC(=O)OC)([CH2]CCC)[CH2]CCC. The van der Waals surface area contributed by atoms with Crippen molar-refractivity contribution in [2.24, 2.45) is 0 Å². The van der Waals surface area contributed by atoms with Crippen molar-refractivity contribution in [2.75, 3.05) is 7.11 Å². The average Bonchev–Trinajstić information content (AvgIpc) is 2.69. The van der Waals surface area contributed by atoms with Gasteiger partial charge in [0.15, 0.2) is 0 Å². The summed E-state index contributed by atoms with van der Waals surface area (Å²) in [7, 11) is 1.42. The number of methoxy groups -OCH3 is 1. The number of unbranched alkanes of at least 4 members (excludes halogenated alkanes) is 3. The molecule has 0 saturated carbocycles. The van der Waals surface area contributed by atoms with E-state index in [4.69, 9.17) is 0 Å². The molecule has 27 heavy (non-hydrogen) atoms. The molecule has 0 aliphatic heterocycles. The maximum absolute atomic E-state index is 11.1. The summed E-state index contributed by atoms with van der Waals surface area (Å²) in [5.74, 6) is -0.169. The number of allylic oxidation sites excluding steroid dienone is 2. The van der Waals surface area contributed by atoms with Crippen molar-refractivity contribution in [2.45, 2.75) is 104 Å². The van der Waals surface area contributed by atoms with E-state index < -0.39 is 18.4 Å². The second-order valence-electron chi connectivity index (χ2n) is 7.76. The minimum atomic E-state index is -2.26. The first-order chi connectivity index (χ1) is 13.0. The molecule has 0 aromatic heterocycles. The molecular formula is C23H44O3Sn. The van der Waals surface area contributed by atoms with Crippen molar-refractivity contribution < 1.29 is 14.6 Å². The van der Waals surface area contributed by atoms with Crippen molar-refractivity contribution >= 4 is 24.3 Å². The number of ether oxygens (including phenoxy) is 1. The van der Waals surface area contributed by atoms with Gasteiger partial charge in [-0.1, -0.05) is 0 Å². The number of carbonyl (C=O) groups is 1. The van der Waals surface area contributed by atoms with Crippen LogP contribution >= 0.6 is 0 Å². The standard InChI is InChI=1S/C11H17O3.3C4H9.Sn/c1-3-10(12)8-6-4-5-7-9-11(13)14-2;3*1-3-4-2;/h1,3-5,10,12H,6-9H2,2H3;3*1,3-4H2,2H3;/b3-1?,5-4-;;;;.